The van der Waals surface area contributed by atoms with Gasteiger partial charge in [-0.3, -0.25) is 4.79 Å². The summed E-state index contributed by atoms with van der Waals surface area (Å²) in [5.74, 6) is 1.21. The number of anilines is 1. The number of rotatable bonds is 3. The van der Waals surface area contributed by atoms with E-state index in [0.29, 0.717) is 18.0 Å². The van der Waals surface area contributed by atoms with Crippen molar-refractivity contribution >= 4 is 11.6 Å². The highest BCUT2D eigenvalue weighted by atomic mass is 16.5. The Morgan fingerprint density at radius 2 is 2.09 bits per heavy atom. The number of benzene rings is 1. The minimum atomic E-state index is -0.309. The molecule has 0 aromatic heterocycles. The molecule has 0 aliphatic carbocycles. The number of hydrogen-bond acceptors (Lipinski definition) is 3. The van der Waals surface area contributed by atoms with Gasteiger partial charge in [0, 0.05) is 24.1 Å². The Hall–Kier alpha value is -1.71. The van der Waals surface area contributed by atoms with Crippen LogP contribution in [0, 0.1) is 11.3 Å². The van der Waals surface area contributed by atoms with Gasteiger partial charge in [0.1, 0.15) is 11.4 Å². The number of hydrogen-bond donors (Lipinski definition) is 2. The molecule has 2 unspecified atom stereocenters. The number of amides is 1. The second-order valence-electron chi connectivity index (χ2n) is 8.45. The Bertz CT molecular complexity index is 588. The molecule has 1 amide bonds. The van der Waals surface area contributed by atoms with E-state index < -0.39 is 0 Å². The van der Waals surface area contributed by atoms with E-state index in [1.807, 2.05) is 32.0 Å². The zero-order valence-corrected chi connectivity index (χ0v) is 15.2. The van der Waals surface area contributed by atoms with Gasteiger partial charge in [0.25, 0.3) is 0 Å². The minimum Gasteiger partial charge on any atom is -0.487 e. The van der Waals surface area contributed by atoms with Crippen molar-refractivity contribution < 1.29 is 9.53 Å². The maximum Gasteiger partial charge on any atom is 0.220 e. The molecule has 2 atom stereocenters. The number of carbonyl (C=O) groups is 1. The molecule has 1 aliphatic heterocycles. The second-order valence-corrected chi connectivity index (χ2v) is 8.45. The second kappa shape index (κ2) is 6.06. The summed E-state index contributed by atoms with van der Waals surface area (Å²) in [6.45, 7) is 12.7. The van der Waals surface area contributed by atoms with Gasteiger partial charge in [-0.05, 0) is 43.4 Å². The van der Waals surface area contributed by atoms with E-state index in [4.69, 9.17) is 10.5 Å². The first-order valence-corrected chi connectivity index (χ1v) is 8.36. The molecule has 23 heavy (non-hydrogen) atoms. The third-order valence-corrected chi connectivity index (χ3v) is 4.80. The Balaban J connectivity index is 2.16. The van der Waals surface area contributed by atoms with Crippen LogP contribution in [-0.4, -0.2) is 11.5 Å². The zero-order chi connectivity index (χ0) is 17.4. The predicted octanol–water partition coefficient (Wildman–Crippen LogP) is 4.06. The van der Waals surface area contributed by atoms with Crippen molar-refractivity contribution in [3.05, 3.63) is 23.8 Å². The van der Waals surface area contributed by atoms with Crippen molar-refractivity contribution in [2.45, 2.75) is 66.0 Å². The molecule has 1 aromatic rings. The van der Waals surface area contributed by atoms with E-state index in [9.17, 15) is 4.79 Å². The first-order chi connectivity index (χ1) is 10.5. The van der Waals surface area contributed by atoms with E-state index in [-0.39, 0.29) is 23.0 Å². The van der Waals surface area contributed by atoms with Crippen molar-refractivity contribution in [1.82, 2.24) is 5.32 Å². The molecule has 0 radical (unpaired) electrons. The van der Waals surface area contributed by atoms with Crippen LogP contribution in [0.4, 0.5) is 5.69 Å². The fourth-order valence-electron chi connectivity index (χ4n) is 2.84. The number of fused-ring (bicyclic) bond motifs is 1. The van der Waals surface area contributed by atoms with Crippen LogP contribution in [0.25, 0.3) is 0 Å². The molecule has 1 heterocycles. The highest BCUT2D eigenvalue weighted by Gasteiger charge is 2.35. The largest absolute Gasteiger partial charge is 0.487 e. The van der Waals surface area contributed by atoms with Gasteiger partial charge in [-0.2, -0.15) is 0 Å². The van der Waals surface area contributed by atoms with E-state index in [1.54, 1.807) is 0 Å². The quantitative estimate of drug-likeness (QED) is 0.826. The van der Waals surface area contributed by atoms with E-state index in [0.717, 1.165) is 17.7 Å². The average molecular weight is 318 g/mol. The molecular formula is C19H30N2O2. The number of nitrogens with one attached hydrogen (secondary N) is 1. The molecule has 4 heteroatoms. The SMILES string of the molecule is CC(CC(=O)NC1CC(C)(C)Oc2ccc(N)cc21)C(C)(C)C. The van der Waals surface area contributed by atoms with Crippen LogP contribution < -0.4 is 15.8 Å². The number of ether oxygens (including phenoxy) is 1. The fourth-order valence-corrected chi connectivity index (χ4v) is 2.84. The van der Waals surface area contributed by atoms with Crippen molar-refractivity contribution in [3.8, 4) is 5.75 Å². The molecule has 0 fully saturated rings. The van der Waals surface area contributed by atoms with Gasteiger partial charge in [0.2, 0.25) is 5.91 Å². The number of carbonyl (C=O) groups excluding carboxylic acids is 1. The van der Waals surface area contributed by atoms with Crippen LogP contribution in [-0.2, 0) is 4.79 Å². The van der Waals surface area contributed by atoms with Gasteiger partial charge < -0.3 is 15.8 Å². The summed E-state index contributed by atoms with van der Waals surface area (Å²) in [6.07, 6.45) is 1.26. The van der Waals surface area contributed by atoms with Gasteiger partial charge in [0.05, 0.1) is 6.04 Å². The Morgan fingerprint density at radius 3 is 2.70 bits per heavy atom. The summed E-state index contributed by atoms with van der Waals surface area (Å²) in [7, 11) is 0. The van der Waals surface area contributed by atoms with Crippen molar-refractivity contribution in [2.24, 2.45) is 11.3 Å². The lowest BCUT2D eigenvalue weighted by atomic mass is 9.80. The standard InChI is InChI=1S/C19H30N2O2/c1-12(18(2,3)4)9-17(22)21-15-11-19(5,6)23-16-8-7-13(20)10-14(15)16/h7-8,10,12,15H,9,11,20H2,1-6H3,(H,21,22). The molecule has 0 saturated heterocycles. The molecule has 2 rings (SSSR count). The first-order valence-electron chi connectivity index (χ1n) is 8.36. The van der Waals surface area contributed by atoms with Crippen LogP contribution in [0.2, 0.25) is 0 Å². The first kappa shape index (κ1) is 17.6. The summed E-state index contributed by atoms with van der Waals surface area (Å²) in [4.78, 5) is 12.5. The maximum atomic E-state index is 12.5. The van der Waals surface area contributed by atoms with Crippen LogP contribution >= 0.6 is 0 Å². The molecule has 3 N–H and O–H groups in total. The zero-order valence-electron chi connectivity index (χ0n) is 15.2. The molecule has 4 nitrogen and oxygen atoms in total. The van der Waals surface area contributed by atoms with Crippen LogP contribution in [0.15, 0.2) is 18.2 Å². The summed E-state index contributed by atoms with van der Waals surface area (Å²) in [5, 5.41) is 3.19. The van der Waals surface area contributed by atoms with E-state index >= 15 is 0 Å². The molecule has 0 spiro atoms. The monoisotopic (exact) mass is 318 g/mol. The Labute approximate surface area is 139 Å². The molecule has 1 aliphatic rings. The Kier molecular flexibility index (Phi) is 4.65. The van der Waals surface area contributed by atoms with Crippen LogP contribution in [0.1, 0.15) is 66.0 Å². The summed E-state index contributed by atoms with van der Waals surface area (Å²) >= 11 is 0. The molecule has 0 bridgehead atoms. The normalized spacial score (nSPS) is 21.0. The highest BCUT2D eigenvalue weighted by Crippen LogP contribution is 2.40. The molecule has 128 valence electrons. The maximum absolute atomic E-state index is 12.5. The third-order valence-electron chi connectivity index (χ3n) is 4.80. The van der Waals surface area contributed by atoms with Gasteiger partial charge in [-0.15, -0.1) is 0 Å². The molecule has 0 saturated carbocycles. The van der Waals surface area contributed by atoms with Gasteiger partial charge >= 0.3 is 0 Å². The van der Waals surface area contributed by atoms with Gasteiger partial charge in [-0.25, -0.2) is 0 Å². The highest BCUT2D eigenvalue weighted by molar-refractivity contribution is 5.77. The Morgan fingerprint density at radius 1 is 1.43 bits per heavy atom. The number of nitrogens with two attached hydrogens (primary N) is 1. The van der Waals surface area contributed by atoms with E-state index in [2.05, 4.69) is 33.0 Å². The van der Waals surface area contributed by atoms with Gasteiger partial charge in [-0.1, -0.05) is 27.7 Å². The third kappa shape index (κ3) is 4.40. The lowest BCUT2D eigenvalue weighted by molar-refractivity contribution is -0.124. The lowest BCUT2D eigenvalue weighted by Gasteiger charge is -2.38. The van der Waals surface area contributed by atoms with Crippen LogP contribution in [0.5, 0.6) is 5.75 Å². The summed E-state index contributed by atoms with van der Waals surface area (Å²) in [6, 6.07) is 5.57. The van der Waals surface area contributed by atoms with E-state index in [1.165, 1.54) is 0 Å². The summed E-state index contributed by atoms with van der Waals surface area (Å²) < 4.78 is 6.01. The van der Waals surface area contributed by atoms with Crippen molar-refractivity contribution in [1.29, 1.82) is 0 Å². The average Bonchev–Trinajstić information content (AvgIpc) is 2.37. The topological polar surface area (TPSA) is 64.3 Å². The minimum absolute atomic E-state index is 0.0584. The molecule has 1 aromatic carbocycles. The predicted molar refractivity (Wildman–Crippen MR) is 94.3 cm³/mol. The fraction of sp³-hybridized carbons (Fsp3) is 0.632. The van der Waals surface area contributed by atoms with Crippen molar-refractivity contribution in [2.75, 3.05) is 5.73 Å². The van der Waals surface area contributed by atoms with Crippen LogP contribution in [0.3, 0.4) is 0 Å². The molecular weight excluding hydrogens is 288 g/mol. The lowest BCUT2D eigenvalue weighted by Crippen LogP contribution is -2.42. The van der Waals surface area contributed by atoms with Gasteiger partial charge in [0.15, 0.2) is 0 Å². The van der Waals surface area contributed by atoms with Crippen molar-refractivity contribution in [3.63, 3.8) is 0 Å². The summed E-state index contributed by atoms with van der Waals surface area (Å²) in [5.41, 5.74) is 7.39. The smallest absolute Gasteiger partial charge is 0.220 e. The number of nitrogen functional groups attached to an aromatic ring is 1.